The summed E-state index contributed by atoms with van der Waals surface area (Å²) in [5, 5.41) is 0. The number of hydrogen-bond acceptors (Lipinski definition) is 4. The highest BCUT2D eigenvalue weighted by Crippen LogP contribution is 2.28. The fourth-order valence-electron chi connectivity index (χ4n) is 2.20. The number of rotatable bonds is 1. The molecule has 0 fully saturated rings. The number of aryl methyl sites for hydroxylation is 2. The van der Waals surface area contributed by atoms with Gasteiger partial charge in [-0.25, -0.2) is 9.97 Å². The summed E-state index contributed by atoms with van der Waals surface area (Å²) >= 11 is 0. The highest BCUT2D eigenvalue weighted by molar-refractivity contribution is 5.61. The number of furan rings is 1. The Morgan fingerprint density at radius 1 is 1.31 bits per heavy atom. The highest BCUT2D eigenvalue weighted by atomic mass is 16.3. The van der Waals surface area contributed by atoms with Gasteiger partial charge < -0.3 is 10.2 Å². The lowest BCUT2D eigenvalue weighted by Crippen LogP contribution is -2.02. The normalized spacial score (nSPS) is 14.1. The van der Waals surface area contributed by atoms with Crippen LogP contribution in [-0.2, 0) is 12.8 Å². The molecule has 1 aliphatic rings. The maximum Gasteiger partial charge on any atom is 0.165 e. The number of fused-ring (bicyclic) bond motifs is 1. The maximum absolute atomic E-state index is 5.95. The topological polar surface area (TPSA) is 64.9 Å². The molecule has 0 bridgehead atoms. The Kier molecular flexibility index (Phi) is 1.96. The van der Waals surface area contributed by atoms with Crippen LogP contribution in [0.1, 0.15) is 23.4 Å². The third-order valence-corrected chi connectivity index (χ3v) is 3.06. The number of anilines is 1. The largest absolute Gasteiger partial charge is 0.469 e. The fraction of sp³-hybridized carbons (Fsp3) is 0.333. The number of hydrogen-bond donors (Lipinski definition) is 1. The molecule has 0 amide bonds. The van der Waals surface area contributed by atoms with Gasteiger partial charge in [0.05, 0.1) is 11.8 Å². The van der Waals surface area contributed by atoms with Crippen molar-refractivity contribution < 1.29 is 4.42 Å². The molecule has 0 aliphatic heterocycles. The van der Waals surface area contributed by atoms with Crippen LogP contribution in [0, 0.1) is 6.92 Å². The second kappa shape index (κ2) is 3.33. The Hall–Kier alpha value is -1.84. The minimum absolute atomic E-state index is 0.623. The van der Waals surface area contributed by atoms with Crippen molar-refractivity contribution in [2.45, 2.75) is 26.2 Å². The summed E-state index contributed by atoms with van der Waals surface area (Å²) in [6.07, 6.45) is 4.79. The molecule has 1 aliphatic carbocycles. The average Bonchev–Trinajstić information content (AvgIpc) is 2.85. The zero-order chi connectivity index (χ0) is 11.1. The second-order valence-corrected chi connectivity index (χ2v) is 4.10. The number of nitrogens with zero attached hydrogens (tertiary/aromatic N) is 2. The predicted molar refractivity (Wildman–Crippen MR) is 60.9 cm³/mol. The fourth-order valence-corrected chi connectivity index (χ4v) is 2.20. The first-order chi connectivity index (χ1) is 7.75. The van der Waals surface area contributed by atoms with Gasteiger partial charge in [0.25, 0.3) is 0 Å². The summed E-state index contributed by atoms with van der Waals surface area (Å²) in [5.41, 5.74) is 9.11. The lowest BCUT2D eigenvalue weighted by Gasteiger charge is -2.05. The van der Waals surface area contributed by atoms with Gasteiger partial charge in [0.2, 0.25) is 0 Å². The third kappa shape index (κ3) is 1.30. The van der Waals surface area contributed by atoms with E-state index in [-0.39, 0.29) is 0 Å². The SMILES string of the molecule is Cc1occc1-c1nc(N)c2c(n1)CCC2. The predicted octanol–water partition coefficient (Wildman–Crippen LogP) is 2.12. The molecule has 0 unspecified atom stereocenters. The monoisotopic (exact) mass is 215 g/mol. The highest BCUT2D eigenvalue weighted by Gasteiger charge is 2.19. The molecular weight excluding hydrogens is 202 g/mol. The van der Waals surface area contributed by atoms with Crippen molar-refractivity contribution in [2.24, 2.45) is 0 Å². The summed E-state index contributed by atoms with van der Waals surface area (Å²) < 4.78 is 5.26. The molecule has 4 nitrogen and oxygen atoms in total. The molecule has 0 spiro atoms. The van der Waals surface area contributed by atoms with Gasteiger partial charge in [-0.05, 0) is 32.3 Å². The van der Waals surface area contributed by atoms with E-state index in [4.69, 9.17) is 10.2 Å². The smallest absolute Gasteiger partial charge is 0.165 e. The molecular formula is C12H13N3O. The van der Waals surface area contributed by atoms with Crippen molar-refractivity contribution in [2.75, 3.05) is 5.73 Å². The average molecular weight is 215 g/mol. The molecule has 0 saturated carbocycles. The Morgan fingerprint density at radius 3 is 2.94 bits per heavy atom. The van der Waals surface area contributed by atoms with Crippen LogP contribution in [-0.4, -0.2) is 9.97 Å². The standard InChI is InChI=1S/C12H13N3O/c1-7-8(5-6-16-7)12-14-10-4-2-3-9(10)11(13)15-12/h5-6H,2-4H2,1H3,(H2,13,14,15). The molecule has 3 rings (SSSR count). The van der Waals surface area contributed by atoms with E-state index in [1.54, 1.807) is 6.26 Å². The van der Waals surface area contributed by atoms with Crippen molar-refractivity contribution in [1.82, 2.24) is 9.97 Å². The summed E-state index contributed by atoms with van der Waals surface area (Å²) in [7, 11) is 0. The van der Waals surface area contributed by atoms with E-state index < -0.39 is 0 Å². The molecule has 2 N–H and O–H groups in total. The van der Waals surface area contributed by atoms with Gasteiger partial charge in [-0.1, -0.05) is 0 Å². The van der Waals surface area contributed by atoms with Crippen LogP contribution in [0.15, 0.2) is 16.7 Å². The van der Waals surface area contributed by atoms with Gasteiger partial charge >= 0.3 is 0 Å². The zero-order valence-electron chi connectivity index (χ0n) is 9.16. The minimum atomic E-state index is 0.623. The van der Waals surface area contributed by atoms with Crippen LogP contribution in [0.4, 0.5) is 5.82 Å². The van der Waals surface area contributed by atoms with E-state index in [0.717, 1.165) is 41.8 Å². The number of nitrogen functional groups attached to an aromatic ring is 1. The van der Waals surface area contributed by atoms with E-state index in [0.29, 0.717) is 11.6 Å². The summed E-state index contributed by atoms with van der Waals surface area (Å²) in [4.78, 5) is 8.92. The van der Waals surface area contributed by atoms with Crippen molar-refractivity contribution >= 4 is 5.82 Å². The molecule has 0 atom stereocenters. The van der Waals surface area contributed by atoms with Crippen LogP contribution < -0.4 is 5.73 Å². The molecule has 2 aromatic rings. The van der Waals surface area contributed by atoms with Crippen LogP contribution in [0.2, 0.25) is 0 Å². The van der Waals surface area contributed by atoms with E-state index in [1.165, 1.54) is 0 Å². The lowest BCUT2D eigenvalue weighted by atomic mass is 10.2. The van der Waals surface area contributed by atoms with Crippen LogP contribution in [0.3, 0.4) is 0 Å². The van der Waals surface area contributed by atoms with E-state index >= 15 is 0 Å². The van der Waals surface area contributed by atoms with Gasteiger partial charge in [-0.2, -0.15) is 0 Å². The summed E-state index contributed by atoms with van der Waals surface area (Å²) in [5.74, 6) is 2.14. The van der Waals surface area contributed by atoms with Crippen molar-refractivity contribution in [1.29, 1.82) is 0 Å². The van der Waals surface area contributed by atoms with Gasteiger partial charge in [0.1, 0.15) is 11.6 Å². The van der Waals surface area contributed by atoms with Crippen LogP contribution in [0.25, 0.3) is 11.4 Å². The second-order valence-electron chi connectivity index (χ2n) is 4.10. The molecule has 0 radical (unpaired) electrons. The number of nitrogens with two attached hydrogens (primary N) is 1. The molecule has 16 heavy (non-hydrogen) atoms. The van der Waals surface area contributed by atoms with Gasteiger partial charge in [-0.15, -0.1) is 0 Å². The van der Waals surface area contributed by atoms with Crippen molar-refractivity contribution in [3.05, 3.63) is 29.3 Å². The maximum atomic E-state index is 5.95. The molecule has 4 heteroatoms. The summed E-state index contributed by atoms with van der Waals surface area (Å²) in [6.45, 7) is 1.90. The number of aromatic nitrogens is 2. The van der Waals surface area contributed by atoms with Crippen LogP contribution >= 0.6 is 0 Å². The van der Waals surface area contributed by atoms with E-state index in [2.05, 4.69) is 9.97 Å². The Morgan fingerprint density at radius 2 is 2.19 bits per heavy atom. The first-order valence-electron chi connectivity index (χ1n) is 5.45. The Bertz CT molecular complexity index is 545. The quantitative estimate of drug-likeness (QED) is 0.791. The third-order valence-electron chi connectivity index (χ3n) is 3.06. The van der Waals surface area contributed by atoms with Gasteiger partial charge in [0.15, 0.2) is 5.82 Å². The van der Waals surface area contributed by atoms with Crippen molar-refractivity contribution in [3.63, 3.8) is 0 Å². The molecule has 0 aromatic carbocycles. The molecule has 2 heterocycles. The first kappa shape index (κ1) is 9.39. The summed E-state index contributed by atoms with van der Waals surface area (Å²) in [6, 6.07) is 1.88. The van der Waals surface area contributed by atoms with Gasteiger partial charge in [0, 0.05) is 11.3 Å². The Labute approximate surface area is 93.5 Å². The molecule has 0 saturated heterocycles. The Balaban J connectivity index is 2.17. The lowest BCUT2D eigenvalue weighted by molar-refractivity contribution is 0.535. The van der Waals surface area contributed by atoms with Gasteiger partial charge in [-0.3, -0.25) is 0 Å². The molecule has 2 aromatic heterocycles. The minimum Gasteiger partial charge on any atom is -0.469 e. The van der Waals surface area contributed by atoms with Crippen molar-refractivity contribution in [3.8, 4) is 11.4 Å². The zero-order valence-corrected chi connectivity index (χ0v) is 9.16. The molecule has 82 valence electrons. The van der Waals surface area contributed by atoms with E-state index in [9.17, 15) is 0 Å². The van der Waals surface area contributed by atoms with Crippen LogP contribution in [0.5, 0.6) is 0 Å². The first-order valence-corrected chi connectivity index (χ1v) is 5.45. The van der Waals surface area contributed by atoms with E-state index in [1.807, 2.05) is 13.0 Å².